The Morgan fingerprint density at radius 1 is 1.64 bits per heavy atom. The minimum atomic E-state index is -0.0300. The first-order valence-electron chi connectivity index (χ1n) is 4.40. The second-order valence-electron chi connectivity index (χ2n) is 3.12. The minimum Gasteiger partial charge on any atom is -0.296 e. The van der Waals surface area contributed by atoms with E-state index in [4.69, 9.17) is 0 Å². The fraction of sp³-hybridized carbons (Fsp3) is 0.333. The van der Waals surface area contributed by atoms with Crippen LogP contribution in [0.4, 0.5) is 0 Å². The van der Waals surface area contributed by atoms with Crippen LogP contribution in [0, 0.1) is 6.92 Å². The number of aryl methyl sites for hydroxylation is 1. The molecule has 2 aromatic heterocycles. The predicted molar refractivity (Wildman–Crippen MR) is 57.6 cm³/mol. The molecule has 0 amide bonds. The number of halogens is 1. The van der Waals surface area contributed by atoms with Gasteiger partial charge in [-0.05, 0) is 29.3 Å². The van der Waals surface area contributed by atoms with E-state index in [2.05, 4.69) is 26.0 Å². The second kappa shape index (κ2) is 3.24. The Hall–Kier alpha value is -1.10. The van der Waals surface area contributed by atoms with Gasteiger partial charge in [0, 0.05) is 11.8 Å². The molecule has 0 unspecified atom stereocenters. The van der Waals surface area contributed by atoms with Crippen LogP contribution in [-0.4, -0.2) is 14.6 Å². The molecule has 1 N–H and O–H groups in total. The molecule has 0 aromatic carbocycles. The lowest BCUT2D eigenvalue weighted by Gasteiger charge is -2.01. The topological polar surface area (TPSA) is 50.2 Å². The Bertz CT molecular complexity index is 541. The van der Waals surface area contributed by atoms with Crippen LogP contribution in [0.3, 0.4) is 0 Å². The number of nitrogens with one attached hydrogen (secondary N) is 1. The number of aromatic amines is 1. The molecule has 0 aliphatic carbocycles. The molecule has 2 aromatic rings. The minimum absolute atomic E-state index is 0.0300. The lowest BCUT2D eigenvalue weighted by molar-refractivity contribution is 0.857. The van der Waals surface area contributed by atoms with Gasteiger partial charge in [0.25, 0.3) is 5.56 Å². The third-order valence-corrected chi connectivity index (χ3v) is 2.86. The van der Waals surface area contributed by atoms with Gasteiger partial charge in [-0.1, -0.05) is 6.92 Å². The normalized spacial score (nSPS) is 11.1. The average Bonchev–Trinajstić information content (AvgIpc) is 2.54. The van der Waals surface area contributed by atoms with E-state index in [1.54, 1.807) is 13.1 Å². The Labute approximate surface area is 89.1 Å². The predicted octanol–water partition coefficient (Wildman–Crippen LogP) is 1.66. The van der Waals surface area contributed by atoms with Crippen molar-refractivity contribution >= 4 is 21.6 Å². The Balaban J connectivity index is 2.95. The lowest BCUT2D eigenvalue weighted by atomic mass is 10.2. The molecular weight excluding hydrogens is 246 g/mol. The van der Waals surface area contributed by atoms with Crippen LogP contribution in [0.2, 0.25) is 0 Å². The highest BCUT2D eigenvalue weighted by Gasteiger charge is 2.10. The monoisotopic (exact) mass is 255 g/mol. The first-order valence-corrected chi connectivity index (χ1v) is 5.19. The largest absolute Gasteiger partial charge is 0.296 e. The Morgan fingerprint density at radius 3 is 3.00 bits per heavy atom. The summed E-state index contributed by atoms with van der Waals surface area (Å²) < 4.78 is 2.25. The average molecular weight is 256 g/mol. The smallest absolute Gasteiger partial charge is 0.275 e. The highest BCUT2D eigenvalue weighted by atomic mass is 79.9. The SMILES string of the molecule is CCc1nc2c(Br)c[nH]n2c(=O)c1C. The summed E-state index contributed by atoms with van der Waals surface area (Å²) in [5, 5.41) is 2.84. The van der Waals surface area contributed by atoms with Crippen LogP contribution in [0.1, 0.15) is 18.2 Å². The van der Waals surface area contributed by atoms with Crippen LogP contribution < -0.4 is 5.56 Å². The van der Waals surface area contributed by atoms with Crippen molar-refractivity contribution < 1.29 is 0 Å². The fourth-order valence-corrected chi connectivity index (χ4v) is 1.83. The number of H-pyrrole nitrogens is 1. The molecule has 4 nitrogen and oxygen atoms in total. The molecule has 14 heavy (non-hydrogen) atoms. The van der Waals surface area contributed by atoms with Crippen molar-refractivity contribution in [3.05, 3.63) is 32.3 Å². The van der Waals surface area contributed by atoms with Crippen molar-refractivity contribution in [2.75, 3.05) is 0 Å². The van der Waals surface area contributed by atoms with Crippen LogP contribution >= 0.6 is 15.9 Å². The van der Waals surface area contributed by atoms with Gasteiger partial charge in [0.1, 0.15) is 0 Å². The van der Waals surface area contributed by atoms with Crippen molar-refractivity contribution in [3.63, 3.8) is 0 Å². The van der Waals surface area contributed by atoms with Crippen LogP contribution in [0.5, 0.6) is 0 Å². The number of fused-ring (bicyclic) bond motifs is 1. The summed E-state index contributed by atoms with van der Waals surface area (Å²) in [6, 6.07) is 0. The highest BCUT2D eigenvalue weighted by molar-refractivity contribution is 9.10. The van der Waals surface area contributed by atoms with Gasteiger partial charge in [0.05, 0.1) is 10.2 Å². The van der Waals surface area contributed by atoms with Crippen LogP contribution in [-0.2, 0) is 6.42 Å². The zero-order valence-corrected chi connectivity index (χ0v) is 9.55. The third-order valence-electron chi connectivity index (χ3n) is 2.28. The number of aromatic nitrogens is 3. The maximum atomic E-state index is 11.8. The van der Waals surface area contributed by atoms with E-state index in [0.29, 0.717) is 11.2 Å². The second-order valence-corrected chi connectivity index (χ2v) is 3.98. The molecule has 0 fully saturated rings. The number of hydrogen-bond donors (Lipinski definition) is 1. The van der Waals surface area contributed by atoms with E-state index in [0.717, 1.165) is 16.6 Å². The molecule has 0 saturated heterocycles. The summed E-state index contributed by atoms with van der Waals surface area (Å²) in [6.07, 6.45) is 2.48. The van der Waals surface area contributed by atoms with E-state index >= 15 is 0 Å². The van der Waals surface area contributed by atoms with Crippen molar-refractivity contribution in [2.45, 2.75) is 20.3 Å². The zero-order chi connectivity index (χ0) is 10.3. The molecule has 0 bridgehead atoms. The lowest BCUT2D eigenvalue weighted by Crippen LogP contribution is -2.20. The molecule has 74 valence electrons. The van der Waals surface area contributed by atoms with Crippen molar-refractivity contribution in [1.82, 2.24) is 14.6 Å². The molecule has 0 radical (unpaired) electrons. The molecule has 2 rings (SSSR count). The molecular formula is C9H10BrN3O. The summed E-state index contributed by atoms with van der Waals surface area (Å²) in [5.74, 6) is 0. The quantitative estimate of drug-likeness (QED) is 0.843. The summed E-state index contributed by atoms with van der Waals surface area (Å²) >= 11 is 3.34. The maximum absolute atomic E-state index is 11.8. The van der Waals surface area contributed by atoms with Crippen molar-refractivity contribution in [3.8, 4) is 0 Å². The summed E-state index contributed by atoms with van der Waals surface area (Å²) in [4.78, 5) is 16.2. The first kappa shape index (κ1) is 9.45. The van der Waals surface area contributed by atoms with Gasteiger partial charge in [-0.2, -0.15) is 0 Å². The molecule has 0 aliphatic heterocycles. The molecule has 2 heterocycles. The maximum Gasteiger partial charge on any atom is 0.275 e. The van der Waals surface area contributed by atoms with Gasteiger partial charge < -0.3 is 0 Å². The number of nitrogens with zero attached hydrogens (tertiary/aromatic N) is 2. The van der Waals surface area contributed by atoms with Crippen molar-refractivity contribution in [2.24, 2.45) is 0 Å². The van der Waals surface area contributed by atoms with E-state index < -0.39 is 0 Å². The molecule has 0 spiro atoms. The van der Waals surface area contributed by atoms with Gasteiger partial charge in [0.2, 0.25) is 0 Å². The van der Waals surface area contributed by atoms with Gasteiger partial charge in [-0.25, -0.2) is 9.50 Å². The van der Waals surface area contributed by atoms with Gasteiger partial charge in [0.15, 0.2) is 5.65 Å². The van der Waals surface area contributed by atoms with E-state index in [-0.39, 0.29) is 5.56 Å². The van der Waals surface area contributed by atoms with Gasteiger partial charge >= 0.3 is 0 Å². The van der Waals surface area contributed by atoms with Gasteiger partial charge in [-0.15, -0.1) is 0 Å². The molecule has 5 heteroatoms. The standard InChI is InChI=1S/C9H10BrN3O/c1-3-7-5(2)9(14)13-8(12-7)6(10)4-11-13/h4,11H,3H2,1-2H3. The summed E-state index contributed by atoms with van der Waals surface area (Å²) in [7, 11) is 0. The molecule has 0 aliphatic rings. The summed E-state index contributed by atoms with van der Waals surface area (Å²) in [6.45, 7) is 3.79. The van der Waals surface area contributed by atoms with Crippen LogP contribution in [0.25, 0.3) is 5.65 Å². The van der Waals surface area contributed by atoms with Gasteiger partial charge in [-0.3, -0.25) is 9.89 Å². The zero-order valence-electron chi connectivity index (χ0n) is 7.97. The molecule has 0 saturated carbocycles. The molecule has 0 atom stereocenters. The third kappa shape index (κ3) is 1.19. The van der Waals surface area contributed by atoms with E-state index in [1.807, 2.05) is 6.92 Å². The van der Waals surface area contributed by atoms with E-state index in [1.165, 1.54) is 4.52 Å². The Morgan fingerprint density at radius 2 is 2.36 bits per heavy atom. The van der Waals surface area contributed by atoms with Crippen molar-refractivity contribution in [1.29, 1.82) is 0 Å². The highest BCUT2D eigenvalue weighted by Crippen LogP contribution is 2.14. The van der Waals surface area contributed by atoms with Crippen LogP contribution in [0.15, 0.2) is 15.5 Å². The first-order chi connectivity index (χ1) is 6.65. The number of rotatable bonds is 1. The van der Waals surface area contributed by atoms with E-state index in [9.17, 15) is 4.79 Å². The number of hydrogen-bond acceptors (Lipinski definition) is 2. The fourth-order valence-electron chi connectivity index (χ4n) is 1.46. The Kier molecular flexibility index (Phi) is 2.19. The summed E-state index contributed by atoms with van der Waals surface area (Å²) in [5.41, 5.74) is 2.18.